The average Bonchev–Trinajstić information content (AvgIpc) is 2.41. The Morgan fingerprint density at radius 1 is 1.32 bits per heavy atom. The number of methoxy groups -OCH3 is 1. The summed E-state index contributed by atoms with van der Waals surface area (Å²) in [6.45, 7) is 5.79. The predicted molar refractivity (Wildman–Crippen MR) is 75.7 cm³/mol. The monoisotopic (exact) mass is 258 g/mol. The second-order valence-corrected chi connectivity index (χ2v) is 4.81. The molecule has 1 aromatic carbocycles. The van der Waals surface area contributed by atoms with E-state index in [2.05, 4.69) is 9.97 Å². The fourth-order valence-corrected chi connectivity index (χ4v) is 1.87. The normalized spacial score (nSPS) is 10.8. The summed E-state index contributed by atoms with van der Waals surface area (Å²) >= 11 is 0. The van der Waals surface area contributed by atoms with Crippen LogP contribution in [0.25, 0.3) is 11.3 Å². The lowest BCUT2D eigenvalue weighted by atomic mass is 10.1. The summed E-state index contributed by atoms with van der Waals surface area (Å²) in [5, 5.41) is 0. The lowest BCUT2D eigenvalue weighted by Gasteiger charge is -2.10. The van der Waals surface area contributed by atoms with Crippen molar-refractivity contribution in [2.45, 2.75) is 26.7 Å². The number of rotatable bonds is 3. The van der Waals surface area contributed by atoms with Gasteiger partial charge in [0.1, 0.15) is 11.6 Å². The quantitative estimate of drug-likeness (QED) is 0.921. The molecule has 2 rings (SSSR count). The van der Waals surface area contributed by atoms with Gasteiger partial charge in [-0.1, -0.05) is 26.0 Å². The van der Waals surface area contributed by atoms with Crippen molar-refractivity contribution in [1.82, 2.24) is 9.97 Å². The van der Waals surface area contributed by atoms with Crippen LogP contribution in [0.1, 0.15) is 31.2 Å². The molecule has 1 N–H and O–H groups in total. The van der Waals surface area contributed by atoms with Crippen molar-refractivity contribution in [1.29, 1.82) is 0 Å². The lowest BCUT2D eigenvalue weighted by Crippen LogP contribution is -2.16. The molecule has 0 saturated heterocycles. The van der Waals surface area contributed by atoms with E-state index in [-0.39, 0.29) is 11.5 Å². The van der Waals surface area contributed by atoms with Crippen molar-refractivity contribution in [2.75, 3.05) is 7.11 Å². The van der Waals surface area contributed by atoms with Crippen LogP contribution < -0.4 is 10.3 Å². The molecule has 4 heteroatoms. The van der Waals surface area contributed by atoms with Crippen molar-refractivity contribution in [3.05, 3.63) is 46.0 Å². The molecule has 0 aliphatic heterocycles. The zero-order valence-corrected chi connectivity index (χ0v) is 11.7. The SMILES string of the molecule is COc1cccc(-c2nc(C(C)C)[nH]c(=O)c2C)c1. The molecule has 1 aromatic heterocycles. The molecule has 0 aliphatic rings. The van der Waals surface area contributed by atoms with Gasteiger partial charge in [0.2, 0.25) is 0 Å². The minimum atomic E-state index is -0.0866. The third-order valence-electron chi connectivity index (χ3n) is 3.06. The molecule has 0 radical (unpaired) electrons. The number of aromatic nitrogens is 2. The molecule has 100 valence electrons. The van der Waals surface area contributed by atoms with Crippen LogP contribution in [0.2, 0.25) is 0 Å². The highest BCUT2D eigenvalue weighted by atomic mass is 16.5. The number of benzene rings is 1. The number of ether oxygens (including phenoxy) is 1. The fraction of sp³-hybridized carbons (Fsp3) is 0.333. The van der Waals surface area contributed by atoms with Crippen molar-refractivity contribution < 1.29 is 4.74 Å². The Balaban J connectivity index is 2.63. The van der Waals surface area contributed by atoms with E-state index in [4.69, 9.17) is 4.74 Å². The number of aromatic amines is 1. The summed E-state index contributed by atoms with van der Waals surface area (Å²) in [5.74, 6) is 1.64. The first kappa shape index (κ1) is 13.3. The predicted octanol–water partition coefficient (Wildman–Crippen LogP) is 2.88. The minimum absolute atomic E-state index is 0.0866. The van der Waals surface area contributed by atoms with Crippen LogP contribution in [0, 0.1) is 6.92 Å². The van der Waals surface area contributed by atoms with Crippen molar-refractivity contribution in [3.8, 4) is 17.0 Å². The number of hydrogen-bond acceptors (Lipinski definition) is 3. The van der Waals surface area contributed by atoms with Crippen LogP contribution in [-0.4, -0.2) is 17.1 Å². The van der Waals surface area contributed by atoms with Gasteiger partial charge in [0.15, 0.2) is 0 Å². The zero-order valence-electron chi connectivity index (χ0n) is 11.7. The van der Waals surface area contributed by atoms with E-state index in [1.165, 1.54) is 0 Å². The number of H-pyrrole nitrogens is 1. The van der Waals surface area contributed by atoms with Gasteiger partial charge in [-0.2, -0.15) is 0 Å². The summed E-state index contributed by atoms with van der Waals surface area (Å²) in [6.07, 6.45) is 0. The third kappa shape index (κ3) is 2.67. The van der Waals surface area contributed by atoms with Crippen molar-refractivity contribution in [2.24, 2.45) is 0 Å². The maximum absolute atomic E-state index is 12.0. The molecule has 0 saturated carbocycles. The Hall–Kier alpha value is -2.10. The highest BCUT2D eigenvalue weighted by molar-refractivity contribution is 5.64. The van der Waals surface area contributed by atoms with E-state index in [1.807, 2.05) is 38.1 Å². The second-order valence-electron chi connectivity index (χ2n) is 4.81. The van der Waals surface area contributed by atoms with E-state index in [0.29, 0.717) is 17.1 Å². The first-order valence-electron chi connectivity index (χ1n) is 6.28. The number of hydrogen-bond donors (Lipinski definition) is 1. The summed E-state index contributed by atoms with van der Waals surface area (Å²) in [6, 6.07) is 7.58. The van der Waals surface area contributed by atoms with Gasteiger partial charge in [-0.3, -0.25) is 4.79 Å². The van der Waals surface area contributed by atoms with Gasteiger partial charge in [-0.15, -0.1) is 0 Å². The molecule has 0 fully saturated rings. The maximum atomic E-state index is 12.0. The molecule has 0 atom stereocenters. The van der Waals surface area contributed by atoms with Crippen LogP contribution in [0.4, 0.5) is 0 Å². The van der Waals surface area contributed by atoms with E-state index in [0.717, 1.165) is 11.3 Å². The molecule has 2 aromatic rings. The highest BCUT2D eigenvalue weighted by Gasteiger charge is 2.12. The molecule has 0 spiro atoms. The van der Waals surface area contributed by atoms with E-state index < -0.39 is 0 Å². The average molecular weight is 258 g/mol. The number of nitrogens with zero attached hydrogens (tertiary/aromatic N) is 1. The number of nitrogens with one attached hydrogen (secondary N) is 1. The summed E-state index contributed by atoms with van der Waals surface area (Å²) < 4.78 is 5.21. The molecule has 1 heterocycles. The van der Waals surface area contributed by atoms with Gasteiger partial charge in [0, 0.05) is 17.0 Å². The van der Waals surface area contributed by atoms with E-state index in [1.54, 1.807) is 14.0 Å². The largest absolute Gasteiger partial charge is 0.497 e. The lowest BCUT2D eigenvalue weighted by molar-refractivity contribution is 0.415. The molecular weight excluding hydrogens is 240 g/mol. The Morgan fingerprint density at radius 2 is 2.05 bits per heavy atom. The summed E-state index contributed by atoms with van der Waals surface area (Å²) in [7, 11) is 1.62. The molecule has 0 unspecified atom stereocenters. The minimum Gasteiger partial charge on any atom is -0.497 e. The molecule has 0 bridgehead atoms. The molecule has 0 amide bonds. The van der Waals surface area contributed by atoms with Crippen LogP contribution >= 0.6 is 0 Å². The second kappa shape index (κ2) is 5.26. The maximum Gasteiger partial charge on any atom is 0.254 e. The Morgan fingerprint density at radius 3 is 2.68 bits per heavy atom. The highest BCUT2D eigenvalue weighted by Crippen LogP contribution is 2.24. The van der Waals surface area contributed by atoms with Gasteiger partial charge in [-0.25, -0.2) is 4.98 Å². The first-order valence-corrected chi connectivity index (χ1v) is 6.28. The molecule has 0 aliphatic carbocycles. The van der Waals surface area contributed by atoms with Crippen LogP contribution in [0.15, 0.2) is 29.1 Å². The van der Waals surface area contributed by atoms with Crippen molar-refractivity contribution in [3.63, 3.8) is 0 Å². The van der Waals surface area contributed by atoms with Gasteiger partial charge < -0.3 is 9.72 Å². The molecular formula is C15H18N2O2. The molecule has 4 nitrogen and oxygen atoms in total. The van der Waals surface area contributed by atoms with Crippen LogP contribution in [0.5, 0.6) is 5.75 Å². The van der Waals surface area contributed by atoms with Crippen molar-refractivity contribution >= 4 is 0 Å². The topological polar surface area (TPSA) is 55.0 Å². The fourth-order valence-electron chi connectivity index (χ4n) is 1.87. The third-order valence-corrected chi connectivity index (χ3v) is 3.06. The smallest absolute Gasteiger partial charge is 0.254 e. The molecule has 19 heavy (non-hydrogen) atoms. The zero-order chi connectivity index (χ0) is 14.0. The standard InChI is InChI=1S/C15H18N2O2/c1-9(2)14-16-13(10(3)15(18)17-14)11-6-5-7-12(8-11)19-4/h5-9H,1-4H3,(H,16,17,18). The van der Waals surface area contributed by atoms with Crippen LogP contribution in [0.3, 0.4) is 0 Å². The van der Waals surface area contributed by atoms with Gasteiger partial charge in [0.05, 0.1) is 12.8 Å². The van der Waals surface area contributed by atoms with E-state index in [9.17, 15) is 4.79 Å². The van der Waals surface area contributed by atoms with Gasteiger partial charge in [-0.05, 0) is 19.1 Å². The summed E-state index contributed by atoms with van der Waals surface area (Å²) in [4.78, 5) is 19.3. The van der Waals surface area contributed by atoms with E-state index >= 15 is 0 Å². The van der Waals surface area contributed by atoms with Gasteiger partial charge in [0.25, 0.3) is 5.56 Å². The first-order chi connectivity index (χ1) is 9.02. The summed E-state index contributed by atoms with van der Waals surface area (Å²) in [5.41, 5.74) is 2.14. The Bertz CT molecular complexity index is 645. The Labute approximate surface area is 112 Å². The van der Waals surface area contributed by atoms with Gasteiger partial charge >= 0.3 is 0 Å². The Kier molecular flexibility index (Phi) is 3.69. The van der Waals surface area contributed by atoms with Crippen LogP contribution in [-0.2, 0) is 0 Å².